The number of phenolic OH excluding ortho intramolecular Hbond substituents is 1. The largest absolute Gasteiger partial charge is 0.503 e. The molecule has 3 aliphatic rings. The lowest BCUT2D eigenvalue weighted by Crippen LogP contribution is -2.44. The Labute approximate surface area is 187 Å². The van der Waals surface area contributed by atoms with Crippen molar-refractivity contribution in [3.8, 4) is 11.5 Å². The number of ketones is 1. The Bertz CT molecular complexity index is 934. The van der Waals surface area contributed by atoms with Crippen molar-refractivity contribution in [2.45, 2.75) is 37.3 Å². The van der Waals surface area contributed by atoms with Crippen LogP contribution in [-0.4, -0.2) is 58.5 Å². The van der Waals surface area contributed by atoms with Crippen LogP contribution in [0.25, 0.3) is 0 Å². The molecule has 5 atom stereocenters. The minimum absolute atomic E-state index is 0.0395. The Morgan fingerprint density at radius 3 is 2.73 bits per heavy atom. The number of carbonyl (C=O) groups is 2. The number of rotatable bonds is 4. The predicted molar refractivity (Wildman–Crippen MR) is 112 cm³/mol. The van der Waals surface area contributed by atoms with E-state index in [-0.39, 0.29) is 59.2 Å². The summed E-state index contributed by atoms with van der Waals surface area (Å²) in [6.45, 7) is 1.79. The third-order valence-electron chi connectivity index (χ3n) is 6.23. The molecule has 2 N–H and O–H groups in total. The molecule has 1 aliphatic carbocycles. The van der Waals surface area contributed by atoms with Gasteiger partial charge in [0.15, 0.2) is 23.0 Å². The number of hydrogen-bond donors (Lipinski definition) is 2. The van der Waals surface area contributed by atoms with Gasteiger partial charge in [0.2, 0.25) is 0 Å². The summed E-state index contributed by atoms with van der Waals surface area (Å²) in [5, 5.41) is 19.6. The number of carbonyl (C=O) groups excluding carboxylic acids is 2. The van der Waals surface area contributed by atoms with Crippen LogP contribution in [0.1, 0.15) is 31.4 Å². The summed E-state index contributed by atoms with van der Waals surface area (Å²) in [7, 11) is 1.42. The number of aromatic hydroxyl groups is 1. The fourth-order valence-corrected chi connectivity index (χ4v) is 5.41. The van der Waals surface area contributed by atoms with E-state index in [1.54, 1.807) is 12.1 Å². The molecule has 1 aromatic carbocycles. The first-order valence-electron chi connectivity index (χ1n) is 9.85. The number of amides is 1. The van der Waals surface area contributed by atoms with Crippen molar-refractivity contribution < 1.29 is 29.3 Å². The fourth-order valence-electron chi connectivity index (χ4n) is 4.66. The number of phenols is 1. The van der Waals surface area contributed by atoms with Crippen molar-refractivity contribution in [2.24, 2.45) is 11.8 Å². The van der Waals surface area contributed by atoms with Gasteiger partial charge in [-0.25, -0.2) is 0 Å². The molecule has 0 radical (unpaired) electrons. The molecule has 0 spiro atoms. The van der Waals surface area contributed by atoms with E-state index in [0.29, 0.717) is 22.9 Å². The van der Waals surface area contributed by atoms with Crippen LogP contribution >= 0.6 is 27.5 Å². The minimum atomic E-state index is -0.743. The second kappa shape index (κ2) is 8.05. The van der Waals surface area contributed by atoms with Crippen LogP contribution < -0.4 is 4.74 Å². The number of methoxy groups -OCH3 is 1. The van der Waals surface area contributed by atoms with Gasteiger partial charge in [0, 0.05) is 11.9 Å². The van der Waals surface area contributed by atoms with E-state index in [1.165, 1.54) is 12.0 Å². The third-order valence-corrected chi connectivity index (χ3v) is 7.45. The highest BCUT2D eigenvalue weighted by atomic mass is 79.9. The number of nitrogens with zero attached hydrogens (tertiary/aromatic N) is 1. The van der Waals surface area contributed by atoms with Gasteiger partial charge in [-0.1, -0.05) is 6.92 Å². The van der Waals surface area contributed by atoms with Crippen LogP contribution in [-0.2, 0) is 14.3 Å². The second-order valence-corrected chi connectivity index (χ2v) is 9.43. The normalized spacial score (nSPS) is 30.8. The van der Waals surface area contributed by atoms with Crippen molar-refractivity contribution in [3.63, 3.8) is 0 Å². The summed E-state index contributed by atoms with van der Waals surface area (Å²) in [6, 6.07) is 2.49. The zero-order chi connectivity index (χ0) is 21.7. The van der Waals surface area contributed by atoms with Crippen LogP contribution in [0.15, 0.2) is 27.9 Å². The Morgan fingerprint density at radius 2 is 2.07 bits per heavy atom. The molecular formula is C21H23BrClNO6. The van der Waals surface area contributed by atoms with Gasteiger partial charge in [0.1, 0.15) is 6.10 Å². The number of fused-ring (bicyclic) bond motifs is 1. The zero-order valence-corrected chi connectivity index (χ0v) is 18.9. The molecule has 162 valence electrons. The number of ether oxygens (including phenoxy) is 2. The molecule has 0 aromatic heterocycles. The first-order chi connectivity index (χ1) is 14.3. The van der Waals surface area contributed by atoms with E-state index in [0.717, 1.165) is 0 Å². The molecule has 1 aromatic rings. The number of aliphatic hydroxyl groups excluding tert-OH is 1. The third kappa shape index (κ3) is 3.29. The van der Waals surface area contributed by atoms with Crippen molar-refractivity contribution in [1.82, 2.24) is 4.90 Å². The molecule has 7 nitrogen and oxygen atoms in total. The van der Waals surface area contributed by atoms with Crippen LogP contribution in [0.2, 0.25) is 0 Å². The summed E-state index contributed by atoms with van der Waals surface area (Å²) in [5.41, 5.74) is 0.859. The van der Waals surface area contributed by atoms with E-state index in [2.05, 4.69) is 15.9 Å². The second-order valence-electron chi connectivity index (χ2n) is 8.01. The molecule has 4 rings (SSSR count). The SMILES string of the molecule is COc1cc(C2C3=C(OC4CC(C)C(Cl)CC4C3=O)C(=O)N2CCO)cc(Br)c1O. The van der Waals surface area contributed by atoms with E-state index in [9.17, 15) is 19.8 Å². The molecular weight excluding hydrogens is 478 g/mol. The quantitative estimate of drug-likeness (QED) is 0.617. The molecule has 1 amide bonds. The number of benzene rings is 1. The predicted octanol–water partition coefficient (Wildman–Crippen LogP) is 2.91. The van der Waals surface area contributed by atoms with E-state index in [1.807, 2.05) is 6.92 Å². The molecule has 2 heterocycles. The van der Waals surface area contributed by atoms with Gasteiger partial charge in [-0.2, -0.15) is 0 Å². The minimum Gasteiger partial charge on any atom is -0.503 e. The highest BCUT2D eigenvalue weighted by Crippen LogP contribution is 2.49. The standard InChI is InChI=1S/C21H23BrClNO6/c1-9-5-14-11(8-13(9)23)18(26)16-17(24(3-4-25)21(28)20(16)30-14)10-6-12(22)19(27)15(7-10)29-2/h6-7,9,11,13-14,17,25,27H,3-5,8H2,1-2H3. The molecule has 0 saturated heterocycles. The molecule has 30 heavy (non-hydrogen) atoms. The molecule has 1 saturated carbocycles. The first kappa shape index (κ1) is 21.5. The smallest absolute Gasteiger partial charge is 0.290 e. The van der Waals surface area contributed by atoms with E-state index in [4.69, 9.17) is 21.1 Å². The van der Waals surface area contributed by atoms with Crippen LogP contribution in [0.5, 0.6) is 11.5 Å². The molecule has 5 unspecified atom stereocenters. The number of β-amino-alcohol motifs (C(OH)–C–C–N with tert-alkyl or cyclic N) is 1. The Balaban J connectivity index is 1.82. The summed E-state index contributed by atoms with van der Waals surface area (Å²) in [6.07, 6.45) is 0.728. The van der Waals surface area contributed by atoms with Crippen molar-refractivity contribution in [2.75, 3.05) is 20.3 Å². The van der Waals surface area contributed by atoms with Gasteiger partial charge >= 0.3 is 0 Å². The highest BCUT2D eigenvalue weighted by molar-refractivity contribution is 9.10. The van der Waals surface area contributed by atoms with Crippen LogP contribution in [0.3, 0.4) is 0 Å². The number of halogens is 2. The van der Waals surface area contributed by atoms with Gasteiger partial charge in [-0.15, -0.1) is 11.6 Å². The summed E-state index contributed by atoms with van der Waals surface area (Å²) >= 11 is 9.75. The van der Waals surface area contributed by atoms with Gasteiger partial charge in [0.25, 0.3) is 5.91 Å². The Morgan fingerprint density at radius 1 is 1.33 bits per heavy atom. The maximum Gasteiger partial charge on any atom is 0.290 e. The number of Topliss-reactive ketones (excluding diaryl/α,β-unsaturated/α-hetero) is 1. The average Bonchev–Trinajstić information content (AvgIpc) is 2.98. The molecule has 9 heteroatoms. The number of hydrogen-bond acceptors (Lipinski definition) is 6. The number of alkyl halides is 1. The monoisotopic (exact) mass is 499 g/mol. The fraction of sp³-hybridized carbons (Fsp3) is 0.524. The van der Waals surface area contributed by atoms with Crippen molar-refractivity contribution >= 4 is 39.2 Å². The number of aliphatic hydroxyl groups is 1. The lowest BCUT2D eigenvalue weighted by atomic mass is 9.74. The highest BCUT2D eigenvalue weighted by Gasteiger charge is 2.53. The summed E-state index contributed by atoms with van der Waals surface area (Å²) in [5.74, 6) is -0.593. The van der Waals surface area contributed by atoms with Crippen molar-refractivity contribution in [1.29, 1.82) is 0 Å². The average molecular weight is 501 g/mol. The van der Waals surface area contributed by atoms with Gasteiger partial charge in [-0.05, 0) is 52.4 Å². The maximum absolute atomic E-state index is 13.5. The maximum atomic E-state index is 13.5. The molecule has 0 bridgehead atoms. The first-order valence-corrected chi connectivity index (χ1v) is 11.1. The van der Waals surface area contributed by atoms with Crippen molar-refractivity contribution in [3.05, 3.63) is 33.5 Å². The Kier molecular flexibility index (Phi) is 5.76. The molecule has 1 fully saturated rings. The lowest BCUT2D eigenvalue weighted by Gasteiger charge is -2.40. The van der Waals surface area contributed by atoms with Gasteiger partial charge in [-0.3, -0.25) is 9.59 Å². The van der Waals surface area contributed by atoms with Crippen LogP contribution in [0, 0.1) is 11.8 Å². The molecule has 2 aliphatic heterocycles. The summed E-state index contributed by atoms with van der Waals surface area (Å²) < 4.78 is 11.7. The zero-order valence-electron chi connectivity index (χ0n) is 16.6. The van der Waals surface area contributed by atoms with Crippen LogP contribution in [0.4, 0.5) is 0 Å². The Hall–Kier alpha value is -1.77. The van der Waals surface area contributed by atoms with Gasteiger partial charge in [0.05, 0.1) is 35.7 Å². The lowest BCUT2D eigenvalue weighted by molar-refractivity contribution is -0.136. The topological polar surface area (TPSA) is 96.3 Å². The summed E-state index contributed by atoms with van der Waals surface area (Å²) in [4.78, 5) is 28.1. The van der Waals surface area contributed by atoms with Gasteiger partial charge < -0.3 is 24.6 Å². The van der Waals surface area contributed by atoms with E-state index >= 15 is 0 Å². The van der Waals surface area contributed by atoms with E-state index < -0.39 is 17.9 Å².